The van der Waals surface area contributed by atoms with E-state index in [1.165, 1.54) is 5.56 Å². The number of nitrogens with zero attached hydrogens (tertiary/aromatic N) is 1. The van der Waals surface area contributed by atoms with Gasteiger partial charge in [-0.25, -0.2) is 0 Å². The van der Waals surface area contributed by atoms with Gasteiger partial charge in [0.15, 0.2) is 0 Å². The van der Waals surface area contributed by atoms with Gasteiger partial charge in [-0.1, -0.05) is 84.9 Å². The Labute approximate surface area is 142 Å². The van der Waals surface area contributed by atoms with Crippen LogP contribution in [0.2, 0.25) is 0 Å². The highest BCUT2D eigenvalue weighted by atomic mass is 16.2. The zero-order chi connectivity index (χ0) is 16.4. The Bertz CT molecular complexity index is 861. The van der Waals surface area contributed by atoms with Gasteiger partial charge in [0.05, 0.1) is 0 Å². The summed E-state index contributed by atoms with van der Waals surface area (Å²) in [6, 6.07) is 28.6. The van der Waals surface area contributed by atoms with Crippen LogP contribution in [0.1, 0.15) is 16.7 Å². The van der Waals surface area contributed by atoms with Crippen LogP contribution in [0.15, 0.2) is 84.9 Å². The van der Waals surface area contributed by atoms with Crippen LogP contribution in [0, 0.1) is 0 Å². The molecule has 1 N–H and O–H groups in total. The van der Waals surface area contributed by atoms with E-state index < -0.39 is 7.05 Å². The molecule has 4 rings (SSSR count). The van der Waals surface area contributed by atoms with Crippen LogP contribution in [0.4, 0.5) is 5.69 Å². The molecule has 0 amide bonds. The molecule has 0 bridgehead atoms. The van der Waals surface area contributed by atoms with Gasteiger partial charge in [-0.2, -0.15) is 0 Å². The molecule has 0 saturated heterocycles. The molecule has 3 heteroatoms. The average Bonchev–Trinajstić information content (AvgIpc) is 2.65. The van der Waals surface area contributed by atoms with Crippen molar-refractivity contribution in [1.29, 1.82) is 0 Å². The highest BCUT2D eigenvalue weighted by Crippen LogP contribution is 2.35. The van der Waals surface area contributed by atoms with Crippen LogP contribution in [0.3, 0.4) is 0 Å². The second kappa shape index (κ2) is 6.38. The number of rotatable bonds is 3. The van der Waals surface area contributed by atoms with Gasteiger partial charge in [0.1, 0.15) is 0 Å². The molecule has 0 aliphatic carbocycles. The van der Waals surface area contributed by atoms with Gasteiger partial charge < -0.3 is 9.83 Å². The van der Waals surface area contributed by atoms with Crippen LogP contribution in [0.5, 0.6) is 0 Å². The summed E-state index contributed by atoms with van der Waals surface area (Å²) < 4.78 is 0. The van der Waals surface area contributed by atoms with Crippen molar-refractivity contribution in [2.75, 3.05) is 4.81 Å². The van der Waals surface area contributed by atoms with Crippen LogP contribution < -0.4 is 4.81 Å². The summed E-state index contributed by atoms with van der Waals surface area (Å²) in [6.07, 6.45) is 2.09. The van der Waals surface area contributed by atoms with Crippen molar-refractivity contribution in [3.05, 3.63) is 102 Å². The molecule has 24 heavy (non-hydrogen) atoms. The molecule has 2 nitrogen and oxygen atoms in total. The molecule has 0 unspecified atom stereocenters. The molecular formula is C21H18BNO. The SMILES string of the molecule is OB1C(c2ccccc2)=Cc2ccccc2N1Cc1ccccc1. The third kappa shape index (κ3) is 2.75. The topological polar surface area (TPSA) is 23.5 Å². The minimum Gasteiger partial charge on any atom is -0.428 e. The van der Waals surface area contributed by atoms with E-state index in [1.807, 2.05) is 60.7 Å². The molecule has 116 valence electrons. The Balaban J connectivity index is 1.78. The fourth-order valence-electron chi connectivity index (χ4n) is 3.23. The lowest BCUT2D eigenvalue weighted by Gasteiger charge is -2.34. The minimum atomic E-state index is -0.664. The summed E-state index contributed by atoms with van der Waals surface area (Å²) in [7, 11) is -0.664. The quantitative estimate of drug-likeness (QED) is 0.730. The van der Waals surface area contributed by atoms with Crippen molar-refractivity contribution >= 4 is 24.3 Å². The van der Waals surface area contributed by atoms with E-state index in [0.29, 0.717) is 6.54 Å². The number of hydrogen-bond acceptors (Lipinski definition) is 2. The van der Waals surface area contributed by atoms with E-state index >= 15 is 0 Å². The first-order chi connectivity index (χ1) is 11.8. The van der Waals surface area contributed by atoms with Crippen LogP contribution in [-0.4, -0.2) is 12.1 Å². The molecular weight excluding hydrogens is 293 g/mol. The summed E-state index contributed by atoms with van der Waals surface area (Å²) in [5, 5.41) is 11.0. The number of fused-ring (bicyclic) bond motifs is 1. The lowest BCUT2D eigenvalue weighted by Crippen LogP contribution is -2.42. The van der Waals surface area contributed by atoms with E-state index in [4.69, 9.17) is 0 Å². The van der Waals surface area contributed by atoms with E-state index in [9.17, 15) is 5.02 Å². The summed E-state index contributed by atoms with van der Waals surface area (Å²) in [6.45, 7) is 0.670. The number of para-hydroxylation sites is 1. The Morgan fingerprint density at radius 3 is 2.12 bits per heavy atom. The maximum Gasteiger partial charge on any atom is 0.450 e. The number of benzene rings is 3. The Kier molecular flexibility index (Phi) is 3.93. The zero-order valence-corrected chi connectivity index (χ0v) is 13.3. The summed E-state index contributed by atoms with van der Waals surface area (Å²) in [5.41, 5.74) is 5.37. The molecule has 0 saturated carbocycles. The van der Waals surface area contributed by atoms with Gasteiger partial charge in [0.2, 0.25) is 0 Å². The highest BCUT2D eigenvalue weighted by molar-refractivity contribution is 6.78. The Morgan fingerprint density at radius 1 is 0.750 bits per heavy atom. The fraction of sp³-hybridized carbons (Fsp3) is 0.0476. The largest absolute Gasteiger partial charge is 0.450 e. The van der Waals surface area contributed by atoms with Crippen LogP contribution >= 0.6 is 0 Å². The summed E-state index contributed by atoms with van der Waals surface area (Å²) >= 11 is 0. The van der Waals surface area contributed by atoms with E-state index in [-0.39, 0.29) is 0 Å². The monoisotopic (exact) mass is 311 g/mol. The molecule has 0 aromatic heterocycles. The van der Waals surface area contributed by atoms with Crippen molar-refractivity contribution in [2.24, 2.45) is 0 Å². The van der Waals surface area contributed by atoms with E-state index in [2.05, 4.69) is 35.2 Å². The van der Waals surface area contributed by atoms with Gasteiger partial charge in [-0.15, -0.1) is 0 Å². The van der Waals surface area contributed by atoms with Crippen molar-refractivity contribution in [3.63, 3.8) is 0 Å². The van der Waals surface area contributed by atoms with Crippen LogP contribution in [0.25, 0.3) is 11.5 Å². The molecule has 0 radical (unpaired) electrons. The smallest absolute Gasteiger partial charge is 0.428 e. The lowest BCUT2D eigenvalue weighted by molar-refractivity contribution is 0.577. The summed E-state index contributed by atoms with van der Waals surface area (Å²) in [4.78, 5) is 2.06. The third-order valence-electron chi connectivity index (χ3n) is 4.43. The normalized spacial score (nSPS) is 13.5. The Hall–Kier alpha value is -2.78. The molecule has 3 aromatic rings. The van der Waals surface area contributed by atoms with Crippen molar-refractivity contribution in [2.45, 2.75) is 6.54 Å². The Morgan fingerprint density at radius 2 is 1.38 bits per heavy atom. The molecule has 0 spiro atoms. The number of hydrogen-bond donors (Lipinski definition) is 1. The molecule has 0 atom stereocenters. The second-order valence-electron chi connectivity index (χ2n) is 6.01. The fourth-order valence-corrected chi connectivity index (χ4v) is 3.23. The van der Waals surface area contributed by atoms with E-state index in [0.717, 1.165) is 22.3 Å². The van der Waals surface area contributed by atoms with Gasteiger partial charge in [-0.05, 0) is 28.2 Å². The maximum absolute atomic E-state index is 11.0. The molecule has 3 aromatic carbocycles. The molecule has 1 heterocycles. The second-order valence-corrected chi connectivity index (χ2v) is 6.01. The maximum atomic E-state index is 11.0. The molecule has 1 aliphatic heterocycles. The molecule has 1 aliphatic rings. The van der Waals surface area contributed by atoms with Gasteiger partial charge >= 0.3 is 7.05 Å². The first-order valence-electron chi connectivity index (χ1n) is 8.17. The minimum absolute atomic E-state index is 0.664. The van der Waals surface area contributed by atoms with Gasteiger partial charge in [0, 0.05) is 12.2 Å². The zero-order valence-electron chi connectivity index (χ0n) is 13.3. The first kappa shape index (κ1) is 14.8. The number of anilines is 1. The first-order valence-corrected chi connectivity index (χ1v) is 8.17. The van der Waals surface area contributed by atoms with Crippen molar-refractivity contribution in [1.82, 2.24) is 0 Å². The lowest BCUT2D eigenvalue weighted by atomic mass is 9.64. The molecule has 0 fully saturated rings. The predicted octanol–water partition coefficient (Wildman–Crippen LogP) is 4.27. The predicted molar refractivity (Wildman–Crippen MR) is 101 cm³/mol. The van der Waals surface area contributed by atoms with Gasteiger partial charge in [-0.3, -0.25) is 0 Å². The van der Waals surface area contributed by atoms with Crippen molar-refractivity contribution < 1.29 is 5.02 Å². The van der Waals surface area contributed by atoms with E-state index in [1.54, 1.807) is 0 Å². The highest BCUT2D eigenvalue weighted by Gasteiger charge is 2.32. The van der Waals surface area contributed by atoms with Gasteiger partial charge in [0.25, 0.3) is 0 Å². The standard InChI is InChI=1S/C21H18BNO/c24-22-20(18-11-5-2-6-12-18)15-19-13-7-8-14-21(19)23(22)16-17-9-3-1-4-10-17/h1-15,24H,16H2. The summed E-state index contributed by atoms with van der Waals surface area (Å²) in [5.74, 6) is 0. The van der Waals surface area contributed by atoms with Crippen LogP contribution in [-0.2, 0) is 6.54 Å². The average molecular weight is 311 g/mol. The third-order valence-corrected chi connectivity index (χ3v) is 4.43. The van der Waals surface area contributed by atoms with Crippen molar-refractivity contribution in [3.8, 4) is 0 Å².